The highest BCUT2D eigenvalue weighted by Crippen LogP contribution is 2.42. The summed E-state index contributed by atoms with van der Waals surface area (Å²) in [6.07, 6.45) is 1.57. The zero-order valence-electron chi connectivity index (χ0n) is 21.5. The van der Waals surface area contributed by atoms with Crippen molar-refractivity contribution >= 4 is 75.9 Å². The molecule has 0 aliphatic carbocycles. The van der Waals surface area contributed by atoms with Gasteiger partial charge in [0.05, 0.1) is 28.7 Å². The molecule has 0 aliphatic heterocycles. The quantitative estimate of drug-likeness (QED) is 0.154. The molecule has 0 saturated heterocycles. The van der Waals surface area contributed by atoms with Crippen molar-refractivity contribution in [2.45, 2.75) is 6.61 Å². The van der Waals surface area contributed by atoms with E-state index in [1.54, 1.807) is 37.6 Å². The molecule has 4 aromatic carbocycles. The Balaban J connectivity index is 1.44. The van der Waals surface area contributed by atoms with Crippen molar-refractivity contribution in [1.82, 2.24) is 9.66 Å². The van der Waals surface area contributed by atoms with Gasteiger partial charge in [-0.15, -0.1) is 0 Å². The van der Waals surface area contributed by atoms with E-state index in [4.69, 9.17) is 18.9 Å². The van der Waals surface area contributed by atoms with Crippen molar-refractivity contribution in [2.75, 3.05) is 7.11 Å². The first kappa shape index (κ1) is 27.4. The van der Waals surface area contributed by atoms with Gasteiger partial charge in [-0.1, -0.05) is 58.4 Å². The summed E-state index contributed by atoms with van der Waals surface area (Å²) in [7, 11) is 1.57. The predicted molar refractivity (Wildman–Crippen MR) is 171 cm³/mol. The number of nitrogens with zero attached hydrogens (tertiary/aromatic N) is 3. The van der Waals surface area contributed by atoms with Crippen molar-refractivity contribution in [2.24, 2.45) is 5.10 Å². The highest BCUT2D eigenvalue weighted by atomic mass is 79.9. The lowest BCUT2D eigenvalue weighted by Gasteiger charge is -2.15. The number of aromatic nitrogens is 2. The second kappa shape index (κ2) is 11.6. The first-order chi connectivity index (χ1) is 19.9. The molecule has 41 heavy (non-hydrogen) atoms. The number of hydrogen-bond donors (Lipinski definition) is 0. The Labute approximate surface area is 259 Å². The van der Waals surface area contributed by atoms with Crippen molar-refractivity contribution in [3.8, 4) is 23.1 Å². The molecule has 0 unspecified atom stereocenters. The standard InChI is InChI=1S/C31H20Br3N3O4/c1-39-25-15-20(27(33)28(34)29(25)40-17-18-7-3-2-4-8-18)16-35-37-30(36-23-10-6-5-9-22(23)31(37)38)26-14-19-13-21(32)11-12-24(19)41-26/h2-16H,17H2,1H3. The van der Waals surface area contributed by atoms with Crippen LogP contribution in [-0.4, -0.2) is 23.0 Å². The molecule has 2 aromatic heterocycles. The Morgan fingerprint density at radius 1 is 0.951 bits per heavy atom. The molecular formula is C31H20Br3N3O4. The second-order valence-electron chi connectivity index (χ2n) is 9.01. The largest absolute Gasteiger partial charge is 0.493 e. The van der Waals surface area contributed by atoms with Gasteiger partial charge in [-0.05, 0) is 79.9 Å². The van der Waals surface area contributed by atoms with Crippen LogP contribution >= 0.6 is 47.8 Å². The third-order valence-electron chi connectivity index (χ3n) is 6.37. The van der Waals surface area contributed by atoms with Gasteiger partial charge in [0.1, 0.15) is 12.2 Å². The monoisotopic (exact) mass is 735 g/mol. The van der Waals surface area contributed by atoms with E-state index in [-0.39, 0.29) is 11.4 Å². The van der Waals surface area contributed by atoms with Crippen LogP contribution in [0.2, 0.25) is 0 Å². The van der Waals surface area contributed by atoms with Crippen LogP contribution in [0, 0.1) is 0 Å². The van der Waals surface area contributed by atoms with Gasteiger partial charge in [0.15, 0.2) is 17.3 Å². The summed E-state index contributed by atoms with van der Waals surface area (Å²) in [5, 5.41) is 5.90. The van der Waals surface area contributed by atoms with Crippen molar-refractivity contribution in [3.05, 3.63) is 120 Å². The Kier molecular flexibility index (Phi) is 7.79. The molecule has 204 valence electrons. The molecule has 6 rings (SSSR count). The van der Waals surface area contributed by atoms with Crippen LogP contribution in [0.15, 0.2) is 113 Å². The number of ether oxygens (including phenoxy) is 2. The van der Waals surface area contributed by atoms with Crippen molar-refractivity contribution in [1.29, 1.82) is 0 Å². The fraction of sp³-hybridized carbons (Fsp3) is 0.0645. The van der Waals surface area contributed by atoms with Crippen molar-refractivity contribution < 1.29 is 13.9 Å². The molecule has 10 heteroatoms. The predicted octanol–water partition coefficient (Wildman–Crippen LogP) is 8.57. The van der Waals surface area contributed by atoms with Crippen LogP contribution in [0.5, 0.6) is 11.5 Å². The van der Waals surface area contributed by atoms with E-state index in [1.165, 1.54) is 4.68 Å². The average Bonchev–Trinajstić information content (AvgIpc) is 3.41. The number of para-hydroxylation sites is 1. The van der Waals surface area contributed by atoms with Crippen LogP contribution in [0.1, 0.15) is 11.1 Å². The molecule has 6 aromatic rings. The van der Waals surface area contributed by atoms with Crippen LogP contribution in [0.4, 0.5) is 0 Å². The van der Waals surface area contributed by atoms with E-state index in [1.807, 2.05) is 60.7 Å². The summed E-state index contributed by atoms with van der Waals surface area (Å²) in [5.74, 6) is 1.74. The van der Waals surface area contributed by atoms with E-state index in [0.717, 1.165) is 15.4 Å². The highest BCUT2D eigenvalue weighted by molar-refractivity contribution is 9.13. The third kappa shape index (κ3) is 5.47. The summed E-state index contributed by atoms with van der Waals surface area (Å²) in [6, 6.07) is 26.3. The minimum absolute atomic E-state index is 0.280. The summed E-state index contributed by atoms with van der Waals surface area (Å²) in [5.41, 5.74) is 2.57. The van der Waals surface area contributed by atoms with Gasteiger partial charge in [0.2, 0.25) is 5.82 Å². The summed E-state index contributed by atoms with van der Waals surface area (Å²) < 4.78 is 21.3. The van der Waals surface area contributed by atoms with Gasteiger partial charge in [0.25, 0.3) is 5.56 Å². The molecule has 2 heterocycles. The Morgan fingerprint density at radius 2 is 1.73 bits per heavy atom. The van der Waals surface area contributed by atoms with E-state index in [9.17, 15) is 4.79 Å². The lowest BCUT2D eigenvalue weighted by Crippen LogP contribution is -2.20. The maximum absolute atomic E-state index is 13.7. The first-order valence-corrected chi connectivity index (χ1v) is 14.8. The van der Waals surface area contributed by atoms with Crippen LogP contribution in [-0.2, 0) is 6.61 Å². The number of furan rings is 1. The Bertz CT molecular complexity index is 2000. The zero-order chi connectivity index (χ0) is 28.5. The van der Waals surface area contributed by atoms with E-state index in [0.29, 0.717) is 54.9 Å². The van der Waals surface area contributed by atoms with Crippen molar-refractivity contribution in [3.63, 3.8) is 0 Å². The molecule has 0 radical (unpaired) electrons. The van der Waals surface area contributed by atoms with E-state index in [2.05, 4.69) is 52.9 Å². The molecular weight excluding hydrogens is 718 g/mol. The van der Waals surface area contributed by atoms with Gasteiger partial charge in [0, 0.05) is 19.9 Å². The highest BCUT2D eigenvalue weighted by Gasteiger charge is 2.19. The molecule has 0 atom stereocenters. The van der Waals surface area contributed by atoms with Gasteiger partial charge in [-0.25, -0.2) is 4.98 Å². The van der Waals surface area contributed by atoms with Crippen LogP contribution in [0.3, 0.4) is 0 Å². The number of rotatable bonds is 7. The maximum Gasteiger partial charge on any atom is 0.282 e. The van der Waals surface area contributed by atoms with E-state index < -0.39 is 0 Å². The molecule has 0 spiro atoms. The normalized spacial score (nSPS) is 11.5. The topological polar surface area (TPSA) is 78.9 Å². The summed E-state index contributed by atoms with van der Waals surface area (Å²) >= 11 is 10.8. The molecule has 0 N–H and O–H groups in total. The lowest BCUT2D eigenvalue weighted by molar-refractivity contribution is 0.282. The third-order valence-corrected chi connectivity index (χ3v) is 9.00. The number of halogens is 3. The number of fused-ring (bicyclic) bond motifs is 2. The molecule has 0 saturated carbocycles. The molecule has 0 aliphatic rings. The Hall–Kier alpha value is -3.73. The fourth-order valence-corrected chi connectivity index (χ4v) is 5.66. The number of benzene rings is 4. The van der Waals surface area contributed by atoms with E-state index >= 15 is 0 Å². The fourth-order valence-electron chi connectivity index (χ4n) is 4.35. The lowest BCUT2D eigenvalue weighted by atomic mass is 10.2. The minimum Gasteiger partial charge on any atom is -0.493 e. The number of methoxy groups -OCH3 is 1. The minimum atomic E-state index is -0.326. The molecule has 0 bridgehead atoms. The second-order valence-corrected chi connectivity index (χ2v) is 11.5. The smallest absolute Gasteiger partial charge is 0.282 e. The average molecular weight is 738 g/mol. The summed E-state index contributed by atoms with van der Waals surface area (Å²) in [4.78, 5) is 18.4. The first-order valence-electron chi connectivity index (χ1n) is 12.4. The van der Waals surface area contributed by atoms with Crippen LogP contribution in [0.25, 0.3) is 33.5 Å². The van der Waals surface area contributed by atoms with Gasteiger partial charge in [-0.2, -0.15) is 9.78 Å². The van der Waals surface area contributed by atoms with Gasteiger partial charge < -0.3 is 13.9 Å². The molecule has 7 nitrogen and oxygen atoms in total. The van der Waals surface area contributed by atoms with Crippen LogP contribution < -0.4 is 15.0 Å². The van der Waals surface area contributed by atoms with Gasteiger partial charge in [-0.3, -0.25) is 4.79 Å². The SMILES string of the molecule is COc1cc(C=Nn2c(-c3cc4cc(Br)ccc4o3)nc3ccccc3c2=O)c(Br)c(Br)c1OCc1ccccc1. The van der Waals surface area contributed by atoms with Gasteiger partial charge >= 0.3 is 0 Å². The molecule has 0 fully saturated rings. The Morgan fingerprint density at radius 3 is 2.54 bits per heavy atom. The zero-order valence-corrected chi connectivity index (χ0v) is 26.2. The maximum atomic E-state index is 13.7. The molecule has 0 amide bonds. The summed E-state index contributed by atoms with van der Waals surface area (Å²) in [6.45, 7) is 0.366. The number of hydrogen-bond acceptors (Lipinski definition) is 6.